The Hall–Kier alpha value is -2.35. The number of hydrogen-bond acceptors (Lipinski definition) is 2. The van der Waals surface area contributed by atoms with Gasteiger partial charge in [-0.05, 0) is 17.5 Å². The Bertz CT molecular complexity index is 845. The van der Waals surface area contributed by atoms with Crippen molar-refractivity contribution in [3.8, 4) is 0 Å². The minimum Gasteiger partial charge on any atom is -0.446 e. The van der Waals surface area contributed by atoms with E-state index in [4.69, 9.17) is 4.42 Å². The predicted molar refractivity (Wildman–Crippen MR) is 69.0 cm³/mol. The molecule has 0 radical (unpaired) electrons. The lowest BCUT2D eigenvalue weighted by Crippen LogP contribution is -1.82. The fourth-order valence-electron chi connectivity index (χ4n) is 2.29. The molecule has 4 rings (SSSR count). The summed E-state index contributed by atoms with van der Waals surface area (Å²) in [5, 5.41) is 4.58. The zero-order chi connectivity index (χ0) is 11.2. The Morgan fingerprint density at radius 2 is 1.71 bits per heavy atom. The number of furan rings is 1. The first kappa shape index (κ1) is 8.76. The van der Waals surface area contributed by atoms with Gasteiger partial charge in [-0.1, -0.05) is 36.4 Å². The molecular weight excluding hydrogens is 210 g/mol. The van der Waals surface area contributed by atoms with Crippen molar-refractivity contribution in [3.05, 3.63) is 54.8 Å². The van der Waals surface area contributed by atoms with Crippen molar-refractivity contribution < 1.29 is 4.42 Å². The summed E-state index contributed by atoms with van der Waals surface area (Å²) >= 11 is 0. The smallest absolute Gasteiger partial charge is 0.226 e. The monoisotopic (exact) mass is 219 g/mol. The summed E-state index contributed by atoms with van der Waals surface area (Å²) in [5.41, 5.74) is 1.71. The van der Waals surface area contributed by atoms with Gasteiger partial charge in [0.1, 0.15) is 0 Å². The van der Waals surface area contributed by atoms with E-state index in [1.807, 2.05) is 18.2 Å². The fraction of sp³-hybridized carbons (Fsp3) is 0. The molecule has 0 saturated heterocycles. The highest BCUT2D eigenvalue weighted by Gasteiger charge is 2.05. The second kappa shape index (κ2) is 3.08. The lowest BCUT2D eigenvalue weighted by Gasteiger charge is -2.02. The van der Waals surface area contributed by atoms with Crippen molar-refractivity contribution in [2.24, 2.45) is 0 Å². The number of pyridine rings is 1. The van der Waals surface area contributed by atoms with Crippen LogP contribution in [0.2, 0.25) is 0 Å². The molecule has 2 nitrogen and oxygen atoms in total. The van der Waals surface area contributed by atoms with E-state index in [-0.39, 0.29) is 0 Å². The van der Waals surface area contributed by atoms with E-state index in [2.05, 4.69) is 35.3 Å². The minimum absolute atomic E-state index is 0.703. The van der Waals surface area contributed by atoms with E-state index in [0.717, 1.165) is 16.3 Å². The van der Waals surface area contributed by atoms with E-state index in [9.17, 15) is 0 Å². The molecule has 2 aromatic heterocycles. The van der Waals surface area contributed by atoms with Crippen LogP contribution in [0.5, 0.6) is 0 Å². The third-order valence-electron chi connectivity index (χ3n) is 3.13. The summed E-state index contributed by atoms with van der Waals surface area (Å²) in [6.07, 6.45) is 1.68. The van der Waals surface area contributed by atoms with Gasteiger partial charge in [-0.3, -0.25) is 0 Å². The Morgan fingerprint density at radius 3 is 2.71 bits per heavy atom. The first-order chi connectivity index (χ1) is 8.42. The fourth-order valence-corrected chi connectivity index (χ4v) is 2.29. The van der Waals surface area contributed by atoms with Gasteiger partial charge in [0.05, 0.1) is 11.8 Å². The van der Waals surface area contributed by atoms with E-state index in [0.29, 0.717) is 5.71 Å². The summed E-state index contributed by atoms with van der Waals surface area (Å²) in [6, 6.07) is 16.6. The molecule has 0 saturated carbocycles. The Balaban J connectivity index is 2.30. The number of benzene rings is 2. The molecule has 0 unspecified atom stereocenters. The van der Waals surface area contributed by atoms with Gasteiger partial charge in [0.15, 0.2) is 0 Å². The highest BCUT2D eigenvalue weighted by molar-refractivity contribution is 6.07. The summed E-state index contributed by atoms with van der Waals surface area (Å²) in [7, 11) is 0. The Labute approximate surface area is 97.5 Å². The van der Waals surface area contributed by atoms with Gasteiger partial charge in [0.25, 0.3) is 0 Å². The van der Waals surface area contributed by atoms with Crippen LogP contribution in [-0.4, -0.2) is 4.98 Å². The van der Waals surface area contributed by atoms with E-state index in [1.165, 1.54) is 10.8 Å². The largest absolute Gasteiger partial charge is 0.446 e. The molecule has 2 aromatic carbocycles. The zero-order valence-electron chi connectivity index (χ0n) is 9.05. The maximum absolute atomic E-state index is 5.36. The molecule has 0 spiro atoms. The molecule has 2 heterocycles. The SMILES string of the molecule is c1ccc2c(c1)ccc1cc3ccoc3nc12. The average Bonchev–Trinajstić information content (AvgIpc) is 2.83. The van der Waals surface area contributed by atoms with Crippen LogP contribution in [0.4, 0.5) is 0 Å². The van der Waals surface area contributed by atoms with E-state index < -0.39 is 0 Å². The van der Waals surface area contributed by atoms with Crippen LogP contribution in [-0.2, 0) is 0 Å². The standard InChI is InChI=1S/C15H9NO/c1-2-4-13-10(3-1)5-6-11-9-12-7-8-17-15(12)16-14(11)13/h1-9H. The summed E-state index contributed by atoms with van der Waals surface area (Å²) in [6.45, 7) is 0. The van der Waals surface area contributed by atoms with Crippen molar-refractivity contribution >= 4 is 32.8 Å². The first-order valence-electron chi connectivity index (χ1n) is 5.57. The minimum atomic E-state index is 0.703. The van der Waals surface area contributed by atoms with Gasteiger partial charge < -0.3 is 4.42 Å². The van der Waals surface area contributed by atoms with Crippen molar-refractivity contribution in [2.75, 3.05) is 0 Å². The molecule has 0 fully saturated rings. The van der Waals surface area contributed by atoms with Gasteiger partial charge >= 0.3 is 0 Å². The lowest BCUT2D eigenvalue weighted by molar-refractivity contribution is 0.605. The predicted octanol–water partition coefficient (Wildman–Crippen LogP) is 4.13. The van der Waals surface area contributed by atoms with Crippen molar-refractivity contribution in [1.29, 1.82) is 0 Å². The normalized spacial score (nSPS) is 11.5. The van der Waals surface area contributed by atoms with Gasteiger partial charge in [-0.25, -0.2) is 4.98 Å². The summed E-state index contributed by atoms with van der Waals surface area (Å²) in [5.74, 6) is 0. The Kier molecular flexibility index (Phi) is 1.59. The Morgan fingerprint density at radius 1 is 0.824 bits per heavy atom. The molecular formula is C15H9NO. The number of fused-ring (bicyclic) bond motifs is 4. The molecule has 0 aliphatic heterocycles. The molecule has 0 atom stereocenters. The van der Waals surface area contributed by atoms with Crippen LogP contribution in [0.3, 0.4) is 0 Å². The van der Waals surface area contributed by atoms with Crippen LogP contribution in [0, 0.1) is 0 Å². The topological polar surface area (TPSA) is 26.0 Å². The number of aromatic nitrogens is 1. The van der Waals surface area contributed by atoms with Gasteiger partial charge in [0.2, 0.25) is 5.71 Å². The van der Waals surface area contributed by atoms with Crippen molar-refractivity contribution in [2.45, 2.75) is 0 Å². The molecule has 0 aliphatic carbocycles. The van der Waals surface area contributed by atoms with Crippen LogP contribution < -0.4 is 0 Å². The van der Waals surface area contributed by atoms with Gasteiger partial charge in [0, 0.05) is 16.2 Å². The van der Waals surface area contributed by atoms with E-state index in [1.54, 1.807) is 6.26 Å². The third-order valence-corrected chi connectivity index (χ3v) is 3.13. The number of hydrogen-bond donors (Lipinski definition) is 0. The molecule has 4 aromatic rings. The molecule has 0 N–H and O–H groups in total. The molecule has 0 bridgehead atoms. The average molecular weight is 219 g/mol. The highest BCUT2D eigenvalue weighted by Crippen LogP contribution is 2.26. The summed E-state index contributed by atoms with van der Waals surface area (Å²) in [4.78, 5) is 4.60. The highest BCUT2D eigenvalue weighted by atomic mass is 16.3. The summed E-state index contributed by atoms with van der Waals surface area (Å²) < 4.78 is 5.36. The van der Waals surface area contributed by atoms with Crippen LogP contribution in [0.15, 0.2) is 59.2 Å². The maximum atomic E-state index is 5.36. The first-order valence-corrected chi connectivity index (χ1v) is 5.57. The molecule has 0 aliphatic rings. The quantitative estimate of drug-likeness (QED) is 0.415. The number of nitrogens with zero attached hydrogens (tertiary/aromatic N) is 1. The second-order valence-electron chi connectivity index (χ2n) is 4.16. The van der Waals surface area contributed by atoms with E-state index >= 15 is 0 Å². The van der Waals surface area contributed by atoms with Gasteiger partial charge in [-0.15, -0.1) is 0 Å². The molecule has 17 heavy (non-hydrogen) atoms. The maximum Gasteiger partial charge on any atom is 0.226 e. The lowest BCUT2D eigenvalue weighted by atomic mass is 10.1. The molecule has 2 heteroatoms. The van der Waals surface area contributed by atoms with Crippen molar-refractivity contribution in [1.82, 2.24) is 4.98 Å². The number of rotatable bonds is 0. The van der Waals surface area contributed by atoms with Crippen LogP contribution in [0.25, 0.3) is 32.8 Å². The zero-order valence-corrected chi connectivity index (χ0v) is 9.05. The molecule has 0 amide bonds. The van der Waals surface area contributed by atoms with Crippen LogP contribution in [0.1, 0.15) is 0 Å². The third kappa shape index (κ3) is 1.18. The van der Waals surface area contributed by atoms with Gasteiger partial charge in [-0.2, -0.15) is 0 Å². The van der Waals surface area contributed by atoms with Crippen molar-refractivity contribution in [3.63, 3.8) is 0 Å². The molecule has 80 valence electrons. The second-order valence-corrected chi connectivity index (χ2v) is 4.16. The van der Waals surface area contributed by atoms with Crippen LogP contribution >= 0.6 is 0 Å².